The number of sulfone groups is 1. The van der Waals surface area contributed by atoms with Gasteiger partial charge >= 0.3 is 0 Å². The van der Waals surface area contributed by atoms with Crippen molar-refractivity contribution in [2.75, 3.05) is 36.2 Å². The van der Waals surface area contributed by atoms with Gasteiger partial charge in [0.1, 0.15) is 0 Å². The van der Waals surface area contributed by atoms with Crippen LogP contribution in [0.1, 0.15) is 13.3 Å². The molecule has 0 saturated carbocycles. The number of rotatable bonds is 5. The Hall–Kier alpha value is -0.780. The van der Waals surface area contributed by atoms with Crippen molar-refractivity contribution in [3.05, 3.63) is 24.3 Å². The summed E-state index contributed by atoms with van der Waals surface area (Å²) in [6, 6.07) is 7.09. The molecule has 0 spiro atoms. The molecule has 1 aliphatic heterocycles. The van der Waals surface area contributed by atoms with E-state index in [1.807, 2.05) is 19.1 Å². The van der Waals surface area contributed by atoms with E-state index in [0.29, 0.717) is 23.8 Å². The summed E-state index contributed by atoms with van der Waals surface area (Å²) >= 11 is 5.82. The highest BCUT2D eigenvalue weighted by atomic mass is 35.5. The molecule has 4 nitrogen and oxygen atoms in total. The number of alkyl halides is 1. The topological polar surface area (TPSA) is 46.6 Å². The Morgan fingerprint density at radius 2 is 2.05 bits per heavy atom. The minimum atomic E-state index is -3.14. The van der Waals surface area contributed by atoms with Gasteiger partial charge in [-0.25, -0.2) is 8.42 Å². The fourth-order valence-corrected chi connectivity index (χ4v) is 3.81. The number of morpholine rings is 1. The zero-order valence-electron chi connectivity index (χ0n) is 11.6. The summed E-state index contributed by atoms with van der Waals surface area (Å²) in [5.74, 6) is 0.664. The van der Waals surface area contributed by atoms with Crippen LogP contribution in [0.25, 0.3) is 0 Å². The smallest absolute Gasteiger partial charge is 0.178 e. The Morgan fingerprint density at radius 1 is 1.35 bits per heavy atom. The van der Waals surface area contributed by atoms with Gasteiger partial charge in [-0.1, -0.05) is 6.92 Å². The Kier molecular flexibility index (Phi) is 5.29. The second kappa shape index (κ2) is 6.78. The Balaban J connectivity index is 2.12. The van der Waals surface area contributed by atoms with E-state index in [-0.39, 0.29) is 11.9 Å². The van der Waals surface area contributed by atoms with E-state index in [0.717, 1.165) is 18.8 Å². The summed E-state index contributed by atoms with van der Waals surface area (Å²) < 4.78 is 29.5. The van der Waals surface area contributed by atoms with Crippen LogP contribution in [0.4, 0.5) is 5.69 Å². The first kappa shape index (κ1) is 15.6. The molecule has 20 heavy (non-hydrogen) atoms. The first-order valence-corrected chi connectivity index (χ1v) is 9.01. The number of anilines is 1. The van der Waals surface area contributed by atoms with E-state index in [1.54, 1.807) is 12.1 Å². The molecule has 1 saturated heterocycles. The molecule has 1 atom stereocenters. The lowest BCUT2D eigenvalue weighted by Gasteiger charge is -2.33. The lowest BCUT2D eigenvalue weighted by atomic mass is 10.2. The zero-order chi connectivity index (χ0) is 14.6. The third-order valence-electron chi connectivity index (χ3n) is 3.34. The lowest BCUT2D eigenvalue weighted by Crippen LogP contribution is -2.43. The average molecular weight is 318 g/mol. The number of ether oxygens (including phenoxy) is 1. The van der Waals surface area contributed by atoms with Crippen LogP contribution in [0.3, 0.4) is 0 Å². The number of benzene rings is 1. The third-order valence-corrected chi connectivity index (χ3v) is 5.63. The van der Waals surface area contributed by atoms with E-state index >= 15 is 0 Å². The minimum Gasteiger partial charge on any atom is -0.373 e. The summed E-state index contributed by atoms with van der Waals surface area (Å²) in [4.78, 5) is 2.57. The molecule has 6 heteroatoms. The van der Waals surface area contributed by atoms with Crippen molar-refractivity contribution in [2.45, 2.75) is 24.3 Å². The largest absolute Gasteiger partial charge is 0.373 e. The SMILES string of the molecule is CCCS(=O)(=O)c1ccc(N2CCOC(CCl)C2)cc1. The van der Waals surface area contributed by atoms with Crippen molar-refractivity contribution in [2.24, 2.45) is 0 Å². The summed E-state index contributed by atoms with van der Waals surface area (Å²) in [5.41, 5.74) is 1.01. The van der Waals surface area contributed by atoms with Gasteiger partial charge in [-0.05, 0) is 30.7 Å². The van der Waals surface area contributed by atoms with Gasteiger partial charge in [-0.3, -0.25) is 0 Å². The highest BCUT2D eigenvalue weighted by molar-refractivity contribution is 7.91. The molecule has 0 radical (unpaired) electrons. The fraction of sp³-hybridized carbons (Fsp3) is 0.571. The molecule has 0 N–H and O–H groups in total. The van der Waals surface area contributed by atoms with Crippen molar-refractivity contribution in [1.82, 2.24) is 0 Å². The number of nitrogens with zero attached hydrogens (tertiary/aromatic N) is 1. The van der Waals surface area contributed by atoms with Gasteiger partial charge in [0.2, 0.25) is 0 Å². The van der Waals surface area contributed by atoms with Crippen LogP contribution in [0.5, 0.6) is 0 Å². The predicted molar refractivity (Wildman–Crippen MR) is 81.5 cm³/mol. The molecule has 2 rings (SSSR count). The van der Waals surface area contributed by atoms with E-state index in [2.05, 4.69) is 4.90 Å². The maximum absolute atomic E-state index is 12.0. The van der Waals surface area contributed by atoms with Gasteiger partial charge in [-0.2, -0.15) is 0 Å². The monoisotopic (exact) mass is 317 g/mol. The molecule has 1 unspecified atom stereocenters. The average Bonchev–Trinajstić information content (AvgIpc) is 2.47. The molecule has 0 aromatic heterocycles. The number of hydrogen-bond donors (Lipinski definition) is 0. The molecule has 1 aliphatic rings. The van der Waals surface area contributed by atoms with Crippen molar-refractivity contribution < 1.29 is 13.2 Å². The van der Waals surface area contributed by atoms with Crippen molar-refractivity contribution >= 4 is 27.1 Å². The predicted octanol–water partition coefficient (Wildman–Crippen LogP) is 2.31. The summed E-state index contributed by atoms with van der Waals surface area (Å²) in [7, 11) is -3.14. The molecule has 0 amide bonds. The van der Waals surface area contributed by atoms with Gasteiger partial charge < -0.3 is 9.64 Å². The van der Waals surface area contributed by atoms with Crippen LogP contribution in [-0.4, -0.2) is 45.9 Å². The zero-order valence-corrected chi connectivity index (χ0v) is 13.2. The summed E-state index contributed by atoms with van der Waals surface area (Å²) in [5, 5.41) is 0. The molecular formula is C14H20ClNO3S. The van der Waals surface area contributed by atoms with Crippen molar-refractivity contribution in [1.29, 1.82) is 0 Å². The van der Waals surface area contributed by atoms with Gasteiger partial charge in [-0.15, -0.1) is 11.6 Å². The summed E-state index contributed by atoms with van der Waals surface area (Å²) in [6.07, 6.45) is 0.666. The molecule has 0 bridgehead atoms. The second-order valence-electron chi connectivity index (χ2n) is 4.91. The molecule has 1 aromatic carbocycles. The van der Waals surface area contributed by atoms with Crippen LogP contribution in [-0.2, 0) is 14.6 Å². The van der Waals surface area contributed by atoms with Crippen molar-refractivity contribution in [3.63, 3.8) is 0 Å². The quantitative estimate of drug-likeness (QED) is 0.782. The highest BCUT2D eigenvalue weighted by Gasteiger charge is 2.20. The highest BCUT2D eigenvalue weighted by Crippen LogP contribution is 2.21. The van der Waals surface area contributed by atoms with E-state index < -0.39 is 9.84 Å². The second-order valence-corrected chi connectivity index (χ2v) is 7.32. The van der Waals surface area contributed by atoms with Crippen molar-refractivity contribution in [3.8, 4) is 0 Å². The number of hydrogen-bond acceptors (Lipinski definition) is 4. The minimum absolute atomic E-state index is 0.0360. The van der Waals surface area contributed by atoms with Crippen LogP contribution in [0, 0.1) is 0 Å². The fourth-order valence-electron chi connectivity index (χ4n) is 2.30. The molecule has 112 valence electrons. The van der Waals surface area contributed by atoms with Gasteiger partial charge in [0.05, 0.1) is 29.2 Å². The summed E-state index contributed by atoms with van der Waals surface area (Å²) in [6.45, 7) is 4.05. The van der Waals surface area contributed by atoms with Crippen LogP contribution < -0.4 is 4.90 Å². The maximum Gasteiger partial charge on any atom is 0.178 e. The maximum atomic E-state index is 12.0. The van der Waals surface area contributed by atoms with E-state index in [9.17, 15) is 8.42 Å². The Morgan fingerprint density at radius 3 is 2.65 bits per heavy atom. The van der Waals surface area contributed by atoms with Crippen LogP contribution in [0.15, 0.2) is 29.2 Å². The first-order valence-electron chi connectivity index (χ1n) is 6.82. The molecule has 1 heterocycles. The van der Waals surface area contributed by atoms with Crippen LogP contribution in [0.2, 0.25) is 0 Å². The van der Waals surface area contributed by atoms with Crippen LogP contribution >= 0.6 is 11.6 Å². The van der Waals surface area contributed by atoms with Gasteiger partial charge in [0.15, 0.2) is 9.84 Å². The molecular weight excluding hydrogens is 298 g/mol. The standard InChI is InChI=1S/C14H20ClNO3S/c1-2-9-20(17,18)14-5-3-12(4-6-14)16-7-8-19-13(10-15)11-16/h3-6,13H,2,7-11H2,1H3. The number of halogens is 1. The van der Waals surface area contributed by atoms with Gasteiger partial charge in [0.25, 0.3) is 0 Å². The van der Waals surface area contributed by atoms with E-state index in [1.165, 1.54) is 0 Å². The molecule has 1 aromatic rings. The van der Waals surface area contributed by atoms with Gasteiger partial charge in [0, 0.05) is 18.8 Å². The van der Waals surface area contributed by atoms with E-state index in [4.69, 9.17) is 16.3 Å². The lowest BCUT2D eigenvalue weighted by molar-refractivity contribution is 0.0554. The molecule has 0 aliphatic carbocycles. The molecule has 1 fully saturated rings. The normalized spacial score (nSPS) is 20.1. The first-order chi connectivity index (χ1) is 9.56. The third kappa shape index (κ3) is 3.65. The Bertz CT molecular complexity index is 530. The Labute approximate surface area is 125 Å².